The predicted octanol–water partition coefficient (Wildman–Crippen LogP) is 0.812. The van der Waals surface area contributed by atoms with Crippen LogP contribution in [0.4, 0.5) is 0 Å². The predicted molar refractivity (Wildman–Crippen MR) is 88.4 cm³/mol. The van der Waals surface area contributed by atoms with Gasteiger partial charge in [-0.1, -0.05) is 6.92 Å². The molecule has 1 N–H and O–H groups in total. The van der Waals surface area contributed by atoms with Gasteiger partial charge in [0, 0.05) is 25.8 Å². The van der Waals surface area contributed by atoms with E-state index in [-0.39, 0.29) is 17.0 Å². The summed E-state index contributed by atoms with van der Waals surface area (Å²) < 4.78 is 37.1. The molecular formula is C15H22N6O3S. The number of sulfonamides is 1. The number of ether oxygens (including phenoxy) is 1. The van der Waals surface area contributed by atoms with Crippen LogP contribution in [0, 0.1) is 0 Å². The van der Waals surface area contributed by atoms with E-state index >= 15 is 0 Å². The number of hydrogen-bond acceptors (Lipinski definition) is 6. The summed E-state index contributed by atoms with van der Waals surface area (Å²) in [6, 6.07) is -0.251. The van der Waals surface area contributed by atoms with Crippen LogP contribution in [0.3, 0.4) is 0 Å². The van der Waals surface area contributed by atoms with Gasteiger partial charge >= 0.3 is 0 Å². The van der Waals surface area contributed by atoms with Gasteiger partial charge in [-0.25, -0.2) is 22.8 Å². The fourth-order valence-corrected chi connectivity index (χ4v) is 4.47. The van der Waals surface area contributed by atoms with Crippen LogP contribution in [-0.2, 0) is 27.7 Å². The summed E-state index contributed by atoms with van der Waals surface area (Å²) in [7, 11) is -3.66. The third-order valence-electron chi connectivity index (χ3n) is 4.70. The quantitative estimate of drug-likeness (QED) is 0.840. The number of aryl methyl sites for hydroxylation is 2. The summed E-state index contributed by atoms with van der Waals surface area (Å²) >= 11 is 0. The molecule has 10 heteroatoms. The SMILES string of the molecule is CCc1nc2n(n1)CCC[C@H]2NS(=O)(=O)c1cnn([C@@H]2CCOC2)c1. The zero-order valence-electron chi connectivity index (χ0n) is 14.1. The molecule has 0 unspecified atom stereocenters. The molecule has 4 rings (SSSR count). The molecule has 2 aliphatic heterocycles. The summed E-state index contributed by atoms with van der Waals surface area (Å²) in [4.78, 5) is 4.66. The lowest BCUT2D eigenvalue weighted by molar-refractivity contribution is 0.184. The van der Waals surface area contributed by atoms with E-state index in [1.807, 2.05) is 11.6 Å². The Labute approximate surface area is 146 Å². The number of fused-ring (bicyclic) bond motifs is 1. The van der Waals surface area contributed by atoms with Gasteiger partial charge < -0.3 is 4.74 Å². The van der Waals surface area contributed by atoms with Crippen LogP contribution in [0.15, 0.2) is 17.3 Å². The topological polar surface area (TPSA) is 104 Å². The first kappa shape index (κ1) is 16.7. The highest BCUT2D eigenvalue weighted by atomic mass is 32.2. The van der Waals surface area contributed by atoms with E-state index in [9.17, 15) is 8.42 Å². The Kier molecular flexibility index (Phi) is 4.34. The standard InChI is InChI=1S/C15H22N6O3S/c1-2-14-17-15-13(4-3-6-20(15)18-14)19-25(22,23)12-8-16-21(9-12)11-5-7-24-10-11/h8-9,11,13,19H,2-7,10H2,1H3/t11-,13-/m1/s1. The normalized spacial score (nSPS) is 23.7. The van der Waals surface area contributed by atoms with E-state index < -0.39 is 10.0 Å². The molecule has 9 nitrogen and oxygen atoms in total. The molecule has 4 heterocycles. The Morgan fingerprint density at radius 2 is 2.28 bits per heavy atom. The number of rotatable bonds is 5. The highest BCUT2D eigenvalue weighted by Crippen LogP contribution is 2.26. The minimum Gasteiger partial charge on any atom is -0.379 e. The molecule has 0 bridgehead atoms. The minimum atomic E-state index is -3.66. The van der Waals surface area contributed by atoms with E-state index in [0.29, 0.717) is 25.5 Å². The first-order valence-electron chi connectivity index (χ1n) is 8.64. The van der Waals surface area contributed by atoms with Gasteiger partial charge in [0.05, 0.1) is 24.9 Å². The van der Waals surface area contributed by atoms with Crippen molar-refractivity contribution in [2.45, 2.75) is 56.1 Å². The number of aromatic nitrogens is 5. The van der Waals surface area contributed by atoms with E-state index in [2.05, 4.69) is 19.9 Å². The lowest BCUT2D eigenvalue weighted by Gasteiger charge is -2.22. The molecule has 0 spiro atoms. The van der Waals surface area contributed by atoms with Gasteiger partial charge in [-0.3, -0.25) is 4.68 Å². The molecule has 1 saturated heterocycles. The summed E-state index contributed by atoms with van der Waals surface area (Å²) in [6.07, 6.45) is 6.13. The van der Waals surface area contributed by atoms with E-state index in [1.165, 1.54) is 6.20 Å². The first-order chi connectivity index (χ1) is 12.1. The highest BCUT2D eigenvalue weighted by Gasteiger charge is 2.30. The maximum atomic E-state index is 12.8. The zero-order chi connectivity index (χ0) is 17.4. The first-order valence-corrected chi connectivity index (χ1v) is 10.1. The molecular weight excluding hydrogens is 344 g/mol. The molecule has 0 aromatic carbocycles. The van der Waals surface area contributed by atoms with Crippen LogP contribution in [0.1, 0.15) is 49.9 Å². The second-order valence-electron chi connectivity index (χ2n) is 6.45. The molecule has 136 valence electrons. The summed E-state index contributed by atoms with van der Waals surface area (Å²) in [5, 5.41) is 8.62. The molecule has 2 aromatic rings. The number of nitrogens with one attached hydrogen (secondary N) is 1. The van der Waals surface area contributed by atoms with E-state index in [0.717, 1.165) is 31.6 Å². The average Bonchev–Trinajstić information content (AvgIpc) is 3.33. The molecule has 0 radical (unpaired) electrons. The van der Waals surface area contributed by atoms with Crippen molar-refractivity contribution in [3.05, 3.63) is 24.0 Å². The van der Waals surface area contributed by atoms with Crippen LogP contribution < -0.4 is 4.72 Å². The third-order valence-corrected chi connectivity index (χ3v) is 6.13. The molecule has 0 aliphatic carbocycles. The number of nitrogens with zero attached hydrogens (tertiary/aromatic N) is 5. The Balaban J connectivity index is 1.55. The summed E-state index contributed by atoms with van der Waals surface area (Å²) in [5.41, 5.74) is 0. The average molecular weight is 366 g/mol. The number of hydrogen-bond donors (Lipinski definition) is 1. The fraction of sp³-hybridized carbons (Fsp3) is 0.667. The molecule has 0 amide bonds. The van der Waals surface area contributed by atoms with Crippen LogP contribution in [0.2, 0.25) is 0 Å². The zero-order valence-corrected chi connectivity index (χ0v) is 14.9. The van der Waals surface area contributed by atoms with Gasteiger partial charge in [-0.15, -0.1) is 0 Å². The van der Waals surface area contributed by atoms with Crippen molar-refractivity contribution in [2.24, 2.45) is 0 Å². The van der Waals surface area contributed by atoms with Gasteiger partial charge in [0.15, 0.2) is 5.82 Å². The minimum absolute atomic E-state index is 0.105. The van der Waals surface area contributed by atoms with Crippen LogP contribution >= 0.6 is 0 Å². The molecule has 2 aromatic heterocycles. The Morgan fingerprint density at radius 1 is 1.40 bits per heavy atom. The van der Waals surface area contributed by atoms with Gasteiger partial charge in [0.1, 0.15) is 10.7 Å². The lowest BCUT2D eigenvalue weighted by Crippen LogP contribution is -2.33. The monoisotopic (exact) mass is 366 g/mol. The third kappa shape index (κ3) is 3.21. The van der Waals surface area contributed by atoms with E-state index in [1.54, 1.807) is 10.9 Å². The summed E-state index contributed by atoms with van der Waals surface area (Å²) in [5.74, 6) is 1.44. The van der Waals surface area contributed by atoms with Crippen molar-refractivity contribution < 1.29 is 13.2 Å². The Bertz CT molecular complexity index is 852. The lowest BCUT2D eigenvalue weighted by atomic mass is 10.1. The van der Waals surface area contributed by atoms with Gasteiger partial charge in [-0.2, -0.15) is 10.2 Å². The second kappa shape index (κ2) is 6.50. The van der Waals surface area contributed by atoms with Gasteiger partial charge in [0.25, 0.3) is 0 Å². The second-order valence-corrected chi connectivity index (χ2v) is 8.17. The fourth-order valence-electron chi connectivity index (χ4n) is 3.31. The smallest absolute Gasteiger partial charge is 0.244 e. The van der Waals surface area contributed by atoms with Crippen molar-refractivity contribution in [1.82, 2.24) is 29.3 Å². The molecule has 2 aliphatic rings. The van der Waals surface area contributed by atoms with Gasteiger partial charge in [-0.05, 0) is 19.3 Å². The van der Waals surface area contributed by atoms with Crippen LogP contribution in [0.25, 0.3) is 0 Å². The Hall–Kier alpha value is -1.78. The van der Waals surface area contributed by atoms with Crippen molar-refractivity contribution in [3.63, 3.8) is 0 Å². The van der Waals surface area contributed by atoms with Crippen molar-refractivity contribution >= 4 is 10.0 Å². The van der Waals surface area contributed by atoms with Crippen molar-refractivity contribution in [1.29, 1.82) is 0 Å². The summed E-state index contributed by atoms with van der Waals surface area (Å²) in [6.45, 7) is 4.02. The largest absolute Gasteiger partial charge is 0.379 e. The molecule has 1 fully saturated rings. The Morgan fingerprint density at radius 3 is 3.04 bits per heavy atom. The van der Waals surface area contributed by atoms with Gasteiger partial charge in [0.2, 0.25) is 10.0 Å². The maximum Gasteiger partial charge on any atom is 0.244 e. The maximum absolute atomic E-state index is 12.8. The molecule has 2 atom stereocenters. The van der Waals surface area contributed by atoms with Crippen LogP contribution in [-0.4, -0.2) is 46.2 Å². The van der Waals surface area contributed by atoms with E-state index in [4.69, 9.17) is 4.74 Å². The van der Waals surface area contributed by atoms with Crippen LogP contribution in [0.5, 0.6) is 0 Å². The van der Waals surface area contributed by atoms with Crippen molar-refractivity contribution in [2.75, 3.05) is 13.2 Å². The molecule has 25 heavy (non-hydrogen) atoms. The molecule has 0 saturated carbocycles. The van der Waals surface area contributed by atoms with Crippen molar-refractivity contribution in [3.8, 4) is 0 Å². The highest BCUT2D eigenvalue weighted by molar-refractivity contribution is 7.89.